The first-order valence-electron chi connectivity index (χ1n) is 6.06. The van der Waals surface area contributed by atoms with E-state index in [2.05, 4.69) is 10.0 Å². The zero-order valence-corrected chi connectivity index (χ0v) is 11.6. The average molecular weight is 271 g/mol. The Labute approximate surface area is 109 Å². The smallest absolute Gasteiger partial charge is 0.242 e. The summed E-state index contributed by atoms with van der Waals surface area (Å²) >= 11 is 0. The molecule has 4 N–H and O–H groups in total. The summed E-state index contributed by atoms with van der Waals surface area (Å²) < 4.78 is 26.8. The maximum absolute atomic E-state index is 12.1. The Bertz CT molecular complexity index is 474. The van der Waals surface area contributed by atoms with Crippen molar-refractivity contribution in [3.05, 3.63) is 24.3 Å². The monoisotopic (exact) mass is 271 g/mol. The lowest BCUT2D eigenvalue weighted by Crippen LogP contribution is -2.29. The van der Waals surface area contributed by atoms with Gasteiger partial charge in [-0.25, -0.2) is 13.1 Å². The molecule has 1 atom stereocenters. The normalized spacial score (nSPS) is 13.3. The number of nitrogens with two attached hydrogens (primary N) is 1. The van der Waals surface area contributed by atoms with Crippen LogP contribution >= 0.6 is 0 Å². The summed E-state index contributed by atoms with van der Waals surface area (Å²) in [6.07, 6.45) is 0.758. The highest BCUT2D eigenvalue weighted by molar-refractivity contribution is 7.89. The van der Waals surface area contributed by atoms with Crippen LogP contribution < -0.4 is 15.8 Å². The molecule has 0 spiro atoms. The molecule has 0 radical (unpaired) electrons. The van der Waals surface area contributed by atoms with Gasteiger partial charge in [0.1, 0.15) is 4.90 Å². The fourth-order valence-corrected chi connectivity index (χ4v) is 2.76. The van der Waals surface area contributed by atoms with Crippen molar-refractivity contribution in [2.24, 2.45) is 5.73 Å². The van der Waals surface area contributed by atoms with Gasteiger partial charge in [0.05, 0.1) is 5.69 Å². The van der Waals surface area contributed by atoms with Crippen molar-refractivity contribution in [1.82, 2.24) is 4.72 Å². The van der Waals surface area contributed by atoms with E-state index < -0.39 is 10.0 Å². The minimum atomic E-state index is -3.46. The molecule has 0 saturated heterocycles. The van der Waals surface area contributed by atoms with Crippen molar-refractivity contribution in [3.63, 3.8) is 0 Å². The van der Waals surface area contributed by atoms with Crippen LogP contribution in [0.4, 0.5) is 5.69 Å². The van der Waals surface area contributed by atoms with Crippen molar-refractivity contribution in [2.75, 3.05) is 18.4 Å². The molecule has 0 saturated carbocycles. The molecular formula is C12H21N3O2S. The van der Waals surface area contributed by atoms with Crippen LogP contribution in [0.5, 0.6) is 0 Å². The van der Waals surface area contributed by atoms with Gasteiger partial charge in [-0.3, -0.25) is 0 Å². The number of nitrogens with one attached hydrogen (secondary N) is 2. The van der Waals surface area contributed by atoms with Crippen LogP contribution in [-0.2, 0) is 10.0 Å². The Hall–Kier alpha value is -1.11. The largest absolute Gasteiger partial charge is 0.380 e. The predicted molar refractivity (Wildman–Crippen MR) is 74.1 cm³/mol. The molecule has 102 valence electrons. The third-order valence-electron chi connectivity index (χ3n) is 2.47. The number of rotatable bonds is 7. The summed E-state index contributed by atoms with van der Waals surface area (Å²) in [7, 11) is -3.46. The van der Waals surface area contributed by atoms with Crippen LogP contribution in [0.1, 0.15) is 20.3 Å². The molecule has 0 aliphatic rings. The lowest BCUT2D eigenvalue weighted by molar-refractivity contribution is 0.581. The van der Waals surface area contributed by atoms with Gasteiger partial charge in [0.2, 0.25) is 10.0 Å². The van der Waals surface area contributed by atoms with Crippen LogP contribution in [0.3, 0.4) is 0 Å². The van der Waals surface area contributed by atoms with Crippen molar-refractivity contribution in [2.45, 2.75) is 31.2 Å². The maximum atomic E-state index is 12.1. The van der Waals surface area contributed by atoms with E-state index in [1.54, 1.807) is 24.3 Å². The Kier molecular flexibility index (Phi) is 5.58. The summed E-state index contributed by atoms with van der Waals surface area (Å²) in [5.41, 5.74) is 6.11. The van der Waals surface area contributed by atoms with Crippen LogP contribution in [0.15, 0.2) is 29.2 Å². The Morgan fingerprint density at radius 1 is 1.33 bits per heavy atom. The lowest BCUT2D eigenvalue weighted by Gasteiger charge is -2.16. The summed E-state index contributed by atoms with van der Waals surface area (Å²) in [5.74, 6) is 0. The third kappa shape index (κ3) is 3.97. The average Bonchev–Trinajstić information content (AvgIpc) is 2.36. The molecule has 0 bridgehead atoms. The van der Waals surface area contributed by atoms with E-state index in [0.29, 0.717) is 18.8 Å². The van der Waals surface area contributed by atoms with Crippen LogP contribution in [-0.4, -0.2) is 27.5 Å². The van der Waals surface area contributed by atoms with Gasteiger partial charge in [-0.2, -0.15) is 0 Å². The second kappa shape index (κ2) is 6.72. The molecule has 0 amide bonds. The van der Waals surface area contributed by atoms with Gasteiger partial charge in [-0.05, 0) is 25.5 Å². The molecule has 0 aromatic heterocycles. The highest BCUT2D eigenvalue weighted by atomic mass is 32.2. The van der Waals surface area contributed by atoms with E-state index in [9.17, 15) is 8.42 Å². The van der Waals surface area contributed by atoms with Crippen LogP contribution in [0.25, 0.3) is 0 Å². The molecule has 6 heteroatoms. The summed E-state index contributed by atoms with van der Waals surface area (Å²) in [4.78, 5) is 0.263. The fraction of sp³-hybridized carbons (Fsp3) is 0.500. The van der Waals surface area contributed by atoms with Gasteiger partial charge < -0.3 is 11.1 Å². The number of para-hydroxylation sites is 1. The molecule has 0 aliphatic heterocycles. The Balaban J connectivity index is 3.01. The van der Waals surface area contributed by atoms with E-state index in [-0.39, 0.29) is 10.9 Å². The quantitative estimate of drug-likeness (QED) is 0.694. The van der Waals surface area contributed by atoms with Crippen LogP contribution in [0.2, 0.25) is 0 Å². The van der Waals surface area contributed by atoms with E-state index in [1.807, 2.05) is 13.8 Å². The summed E-state index contributed by atoms with van der Waals surface area (Å²) in [6, 6.07) is 6.85. The Morgan fingerprint density at radius 3 is 2.61 bits per heavy atom. The first kappa shape index (κ1) is 14.9. The van der Waals surface area contributed by atoms with Crippen molar-refractivity contribution >= 4 is 15.7 Å². The molecule has 1 aromatic carbocycles. The van der Waals surface area contributed by atoms with Crippen molar-refractivity contribution in [1.29, 1.82) is 0 Å². The molecule has 0 fully saturated rings. The first-order chi connectivity index (χ1) is 8.51. The van der Waals surface area contributed by atoms with Crippen molar-refractivity contribution < 1.29 is 8.42 Å². The van der Waals surface area contributed by atoms with Crippen LogP contribution in [0, 0.1) is 0 Å². The lowest BCUT2D eigenvalue weighted by atomic mass is 10.2. The molecule has 1 aromatic rings. The molecular weight excluding hydrogens is 250 g/mol. The molecule has 18 heavy (non-hydrogen) atoms. The number of sulfonamides is 1. The van der Waals surface area contributed by atoms with Gasteiger partial charge in [-0.15, -0.1) is 0 Å². The molecule has 0 aliphatic carbocycles. The summed E-state index contributed by atoms with van der Waals surface area (Å²) in [5, 5.41) is 3.10. The SMILES string of the molecule is CCCNS(=O)(=O)c1ccccc1NC(C)CN. The maximum Gasteiger partial charge on any atom is 0.242 e. The van der Waals surface area contributed by atoms with E-state index in [4.69, 9.17) is 5.73 Å². The summed E-state index contributed by atoms with van der Waals surface area (Å²) in [6.45, 7) is 4.70. The minimum absolute atomic E-state index is 0.0209. The van der Waals surface area contributed by atoms with E-state index in [1.165, 1.54) is 0 Å². The van der Waals surface area contributed by atoms with E-state index >= 15 is 0 Å². The third-order valence-corrected chi connectivity index (χ3v) is 3.99. The molecule has 1 unspecified atom stereocenters. The standard InChI is InChI=1S/C12H21N3O2S/c1-3-8-14-18(16,17)12-7-5-4-6-11(12)15-10(2)9-13/h4-7,10,14-15H,3,8-9,13H2,1-2H3. The zero-order valence-electron chi connectivity index (χ0n) is 10.8. The zero-order chi connectivity index (χ0) is 13.6. The first-order valence-corrected chi connectivity index (χ1v) is 7.55. The highest BCUT2D eigenvalue weighted by Gasteiger charge is 2.17. The second-order valence-corrected chi connectivity index (χ2v) is 5.91. The number of hydrogen-bond acceptors (Lipinski definition) is 4. The van der Waals surface area contributed by atoms with Crippen molar-refractivity contribution in [3.8, 4) is 0 Å². The van der Waals surface area contributed by atoms with Gasteiger partial charge in [0, 0.05) is 19.1 Å². The topological polar surface area (TPSA) is 84.2 Å². The van der Waals surface area contributed by atoms with Gasteiger partial charge in [0.25, 0.3) is 0 Å². The number of benzene rings is 1. The second-order valence-electron chi connectivity index (χ2n) is 4.18. The van der Waals surface area contributed by atoms with E-state index in [0.717, 1.165) is 6.42 Å². The predicted octanol–water partition coefficient (Wildman–Crippen LogP) is 1.13. The molecule has 0 heterocycles. The van der Waals surface area contributed by atoms with Gasteiger partial charge >= 0.3 is 0 Å². The fourth-order valence-electron chi connectivity index (χ4n) is 1.46. The molecule has 1 rings (SSSR count). The highest BCUT2D eigenvalue weighted by Crippen LogP contribution is 2.21. The number of hydrogen-bond donors (Lipinski definition) is 3. The molecule has 5 nitrogen and oxygen atoms in total. The van der Waals surface area contributed by atoms with Gasteiger partial charge in [-0.1, -0.05) is 19.1 Å². The minimum Gasteiger partial charge on any atom is -0.380 e. The van der Waals surface area contributed by atoms with Gasteiger partial charge in [0.15, 0.2) is 0 Å². The Morgan fingerprint density at radius 2 is 2.00 bits per heavy atom. The number of anilines is 1.